The molecule has 0 saturated heterocycles. The minimum Gasteiger partial charge on any atom is -1.00 e. The van der Waals surface area contributed by atoms with Crippen molar-refractivity contribution in [3.05, 3.63) is 30.3 Å². The predicted molar refractivity (Wildman–Crippen MR) is 72.7 cm³/mol. The topological polar surface area (TPSA) is 41.6 Å². The smallest absolute Gasteiger partial charge is 0.257 e. The Kier molecular flexibility index (Phi) is 9.94. The van der Waals surface area contributed by atoms with Crippen LogP contribution in [0, 0.1) is 0 Å². The molecule has 19 heavy (non-hydrogen) atoms. The molecule has 0 atom stereocenters. The summed E-state index contributed by atoms with van der Waals surface area (Å²) in [7, 11) is 0. The van der Waals surface area contributed by atoms with Crippen LogP contribution in [0.25, 0.3) is 0 Å². The zero-order valence-electron chi connectivity index (χ0n) is 11.6. The number of carbonyl (C=O) groups excluding carboxylic acids is 1. The van der Waals surface area contributed by atoms with Gasteiger partial charge in [0.1, 0.15) is 5.75 Å². The number of nitrogens with zero attached hydrogens (tertiary/aromatic N) is 1. The van der Waals surface area contributed by atoms with Crippen LogP contribution in [-0.4, -0.2) is 43.6 Å². The third-order valence-corrected chi connectivity index (χ3v) is 2.76. The summed E-state index contributed by atoms with van der Waals surface area (Å²) >= 11 is 0. The molecule has 0 spiro atoms. The Hall–Kier alpha value is -1.26. The first-order chi connectivity index (χ1) is 8.76. The highest BCUT2D eigenvalue weighted by Crippen LogP contribution is 2.07. The number of hydrogen-bond donors (Lipinski definition) is 1. The van der Waals surface area contributed by atoms with Gasteiger partial charge in [-0.25, -0.2) is 0 Å². The highest BCUT2D eigenvalue weighted by atomic mass is 35.5. The summed E-state index contributed by atoms with van der Waals surface area (Å²) in [4.78, 5) is 13.8. The van der Waals surface area contributed by atoms with Gasteiger partial charge >= 0.3 is 0 Å². The van der Waals surface area contributed by atoms with Crippen LogP contribution in [0.3, 0.4) is 0 Å². The van der Waals surface area contributed by atoms with E-state index in [1.54, 1.807) is 0 Å². The highest BCUT2D eigenvalue weighted by Gasteiger charge is 2.03. The van der Waals surface area contributed by atoms with Crippen LogP contribution in [0.4, 0.5) is 0 Å². The van der Waals surface area contributed by atoms with Crippen LogP contribution in [-0.2, 0) is 4.79 Å². The second kappa shape index (κ2) is 10.6. The van der Waals surface area contributed by atoms with Crippen LogP contribution in [0.1, 0.15) is 13.8 Å². The van der Waals surface area contributed by atoms with Gasteiger partial charge in [-0.15, -0.1) is 0 Å². The zero-order chi connectivity index (χ0) is 13.2. The van der Waals surface area contributed by atoms with E-state index in [2.05, 4.69) is 24.1 Å². The maximum atomic E-state index is 11.5. The Morgan fingerprint density at radius 3 is 2.42 bits per heavy atom. The number of nitrogens with one attached hydrogen (secondary N) is 1. The number of halogens is 1. The third-order valence-electron chi connectivity index (χ3n) is 2.76. The maximum absolute atomic E-state index is 11.5. The molecular weight excluding hydrogens is 264 g/mol. The van der Waals surface area contributed by atoms with E-state index in [1.807, 2.05) is 30.3 Å². The standard InChI is InChI=1S/C14H22N2O2.ClH/c1-3-16(4-2)11-10-15-14(17)12-18-13-8-6-5-7-9-13;/h5-9H,3-4,10-12H2,1-2H3,(H,15,17);1H/p-1. The van der Waals surface area contributed by atoms with Gasteiger partial charge in [0.05, 0.1) is 0 Å². The van der Waals surface area contributed by atoms with Gasteiger partial charge in [-0.1, -0.05) is 32.0 Å². The van der Waals surface area contributed by atoms with Crippen LogP contribution in [0.15, 0.2) is 30.3 Å². The van der Waals surface area contributed by atoms with Gasteiger partial charge in [-0.2, -0.15) is 0 Å². The molecule has 1 N–H and O–H groups in total. The van der Waals surface area contributed by atoms with Crippen molar-refractivity contribution in [2.45, 2.75) is 13.8 Å². The molecule has 1 amide bonds. The predicted octanol–water partition coefficient (Wildman–Crippen LogP) is -1.47. The van der Waals surface area contributed by atoms with E-state index in [-0.39, 0.29) is 24.9 Å². The Balaban J connectivity index is 0.00000324. The summed E-state index contributed by atoms with van der Waals surface area (Å²) in [6, 6.07) is 9.35. The molecule has 0 aromatic heterocycles. The molecule has 0 aliphatic carbocycles. The van der Waals surface area contributed by atoms with E-state index in [4.69, 9.17) is 4.74 Å². The SMILES string of the molecule is CCN(CC)CCNC(=O)COc1ccccc1.[Cl-]. The fraction of sp³-hybridized carbons (Fsp3) is 0.500. The molecule has 0 heterocycles. The molecule has 1 aromatic carbocycles. The molecule has 0 radical (unpaired) electrons. The maximum Gasteiger partial charge on any atom is 0.257 e. The van der Waals surface area contributed by atoms with Crippen LogP contribution >= 0.6 is 0 Å². The molecule has 0 saturated carbocycles. The average Bonchev–Trinajstić information content (AvgIpc) is 2.42. The van der Waals surface area contributed by atoms with Gasteiger partial charge in [0.15, 0.2) is 6.61 Å². The van der Waals surface area contributed by atoms with Gasteiger partial charge in [0, 0.05) is 13.1 Å². The molecule has 4 nitrogen and oxygen atoms in total. The van der Waals surface area contributed by atoms with Crippen molar-refractivity contribution in [2.75, 3.05) is 32.8 Å². The molecule has 0 aliphatic heterocycles. The number of para-hydroxylation sites is 1. The summed E-state index contributed by atoms with van der Waals surface area (Å²) < 4.78 is 5.35. The molecule has 0 aliphatic rings. The van der Waals surface area contributed by atoms with Gasteiger partial charge in [0.2, 0.25) is 0 Å². The Morgan fingerprint density at radius 1 is 1.21 bits per heavy atom. The first-order valence-electron chi connectivity index (χ1n) is 6.43. The minimum atomic E-state index is -0.0778. The minimum absolute atomic E-state index is 0. The van der Waals surface area contributed by atoms with Crippen LogP contribution < -0.4 is 22.5 Å². The quantitative estimate of drug-likeness (QED) is 0.634. The first kappa shape index (κ1) is 17.7. The molecule has 108 valence electrons. The van der Waals surface area contributed by atoms with Crippen molar-refractivity contribution in [3.63, 3.8) is 0 Å². The van der Waals surface area contributed by atoms with Crippen molar-refractivity contribution >= 4 is 5.91 Å². The largest absolute Gasteiger partial charge is 1.00 e. The van der Waals surface area contributed by atoms with Crippen molar-refractivity contribution in [2.24, 2.45) is 0 Å². The molecule has 1 aromatic rings. The number of ether oxygens (including phenoxy) is 1. The summed E-state index contributed by atoms with van der Waals surface area (Å²) in [5, 5.41) is 2.85. The van der Waals surface area contributed by atoms with Gasteiger partial charge < -0.3 is 27.4 Å². The zero-order valence-corrected chi connectivity index (χ0v) is 12.3. The van der Waals surface area contributed by atoms with E-state index < -0.39 is 0 Å². The highest BCUT2D eigenvalue weighted by molar-refractivity contribution is 5.77. The lowest BCUT2D eigenvalue weighted by molar-refractivity contribution is -0.123. The Bertz CT molecular complexity index is 343. The number of rotatable bonds is 8. The molecule has 0 fully saturated rings. The lowest BCUT2D eigenvalue weighted by Gasteiger charge is -2.17. The van der Waals surface area contributed by atoms with Crippen molar-refractivity contribution < 1.29 is 21.9 Å². The summed E-state index contributed by atoms with van der Waals surface area (Å²) in [6.45, 7) is 7.86. The molecule has 5 heteroatoms. The van der Waals surface area contributed by atoms with E-state index in [0.29, 0.717) is 6.54 Å². The van der Waals surface area contributed by atoms with Gasteiger partial charge in [-0.3, -0.25) is 4.79 Å². The summed E-state index contributed by atoms with van der Waals surface area (Å²) in [5.41, 5.74) is 0. The monoisotopic (exact) mass is 285 g/mol. The fourth-order valence-corrected chi connectivity index (χ4v) is 1.61. The number of likely N-dealkylation sites (N-methyl/N-ethyl adjacent to an activating group) is 1. The second-order valence-electron chi connectivity index (χ2n) is 3.98. The van der Waals surface area contributed by atoms with E-state index >= 15 is 0 Å². The van der Waals surface area contributed by atoms with E-state index in [0.717, 1.165) is 25.4 Å². The van der Waals surface area contributed by atoms with Crippen molar-refractivity contribution in [3.8, 4) is 5.75 Å². The third kappa shape index (κ3) is 7.70. The number of hydrogen-bond acceptors (Lipinski definition) is 3. The lowest BCUT2D eigenvalue weighted by atomic mass is 10.3. The molecule has 0 unspecified atom stereocenters. The van der Waals surface area contributed by atoms with Gasteiger partial charge in [0.25, 0.3) is 5.91 Å². The number of amides is 1. The number of benzene rings is 1. The van der Waals surface area contributed by atoms with Crippen LogP contribution in [0.5, 0.6) is 5.75 Å². The normalized spacial score (nSPS) is 9.84. The van der Waals surface area contributed by atoms with Crippen molar-refractivity contribution in [1.82, 2.24) is 10.2 Å². The number of carbonyl (C=O) groups is 1. The molecular formula is C14H22ClN2O2-. The summed E-state index contributed by atoms with van der Waals surface area (Å²) in [5.74, 6) is 0.641. The summed E-state index contributed by atoms with van der Waals surface area (Å²) in [6.07, 6.45) is 0. The Morgan fingerprint density at radius 2 is 1.84 bits per heavy atom. The average molecular weight is 286 g/mol. The van der Waals surface area contributed by atoms with E-state index in [1.165, 1.54) is 0 Å². The first-order valence-corrected chi connectivity index (χ1v) is 6.43. The fourth-order valence-electron chi connectivity index (χ4n) is 1.61. The molecule has 0 bridgehead atoms. The van der Waals surface area contributed by atoms with Crippen molar-refractivity contribution in [1.29, 1.82) is 0 Å². The molecule has 1 rings (SSSR count). The van der Waals surface area contributed by atoms with Gasteiger partial charge in [-0.05, 0) is 25.2 Å². The Labute approximate surface area is 121 Å². The lowest BCUT2D eigenvalue weighted by Crippen LogP contribution is -3.00. The van der Waals surface area contributed by atoms with Crippen LogP contribution in [0.2, 0.25) is 0 Å². The van der Waals surface area contributed by atoms with E-state index in [9.17, 15) is 4.79 Å². The second-order valence-corrected chi connectivity index (χ2v) is 3.98.